The quantitative estimate of drug-likeness (QED) is 0.705. The maximum atomic E-state index is 5.73. The summed E-state index contributed by atoms with van der Waals surface area (Å²) in [5.74, 6) is 0.817. The minimum absolute atomic E-state index is 0.761. The van der Waals surface area contributed by atoms with Crippen molar-refractivity contribution < 1.29 is 0 Å². The predicted octanol–water partition coefficient (Wildman–Crippen LogP) is 3.44. The normalized spacial score (nSPS) is 10.9. The molecular formula is C14H13N3S. The molecule has 3 aromatic rings. The molecule has 2 aromatic heterocycles. The Bertz CT molecular complexity index is 642. The van der Waals surface area contributed by atoms with Gasteiger partial charge in [0.25, 0.3) is 0 Å². The molecule has 0 aliphatic carbocycles. The molecule has 0 spiro atoms. The van der Waals surface area contributed by atoms with Crippen LogP contribution in [0.4, 0.5) is 5.69 Å². The molecule has 0 unspecified atom stereocenters. The van der Waals surface area contributed by atoms with Crippen molar-refractivity contribution >= 4 is 28.4 Å². The molecule has 3 N–H and O–H groups in total. The van der Waals surface area contributed by atoms with Crippen molar-refractivity contribution in [1.82, 2.24) is 9.97 Å². The van der Waals surface area contributed by atoms with Crippen LogP contribution in [0.1, 0.15) is 5.69 Å². The van der Waals surface area contributed by atoms with E-state index in [4.69, 9.17) is 5.73 Å². The van der Waals surface area contributed by atoms with E-state index in [-0.39, 0.29) is 0 Å². The van der Waals surface area contributed by atoms with Gasteiger partial charge in [0.05, 0.1) is 10.7 Å². The number of para-hydroxylation sites is 1. The van der Waals surface area contributed by atoms with Crippen molar-refractivity contribution in [3.63, 3.8) is 0 Å². The number of fused-ring (bicyclic) bond motifs is 1. The van der Waals surface area contributed by atoms with Crippen LogP contribution in [-0.2, 0) is 5.75 Å². The van der Waals surface area contributed by atoms with Gasteiger partial charge in [0, 0.05) is 28.5 Å². The summed E-state index contributed by atoms with van der Waals surface area (Å²) in [4.78, 5) is 7.68. The number of thioether (sulfide) groups is 1. The fourth-order valence-electron chi connectivity index (χ4n) is 1.85. The first-order valence-corrected chi connectivity index (χ1v) is 6.71. The van der Waals surface area contributed by atoms with Crippen molar-refractivity contribution in [3.8, 4) is 0 Å². The van der Waals surface area contributed by atoms with Gasteiger partial charge in [-0.15, -0.1) is 11.8 Å². The number of H-pyrrole nitrogens is 1. The van der Waals surface area contributed by atoms with Crippen LogP contribution in [-0.4, -0.2) is 9.97 Å². The first-order valence-electron chi connectivity index (χ1n) is 5.72. The standard InChI is InChI=1S/C14H13N3S/c15-11-5-6-16-12(8-11)9-18-14-7-10-3-1-2-4-13(10)17-14/h1-8,17H,9H2,(H2,15,16). The molecule has 0 radical (unpaired) electrons. The van der Waals surface area contributed by atoms with E-state index in [1.165, 1.54) is 10.9 Å². The molecule has 0 saturated heterocycles. The minimum Gasteiger partial charge on any atom is -0.399 e. The van der Waals surface area contributed by atoms with Crippen LogP contribution in [0.15, 0.2) is 53.7 Å². The lowest BCUT2D eigenvalue weighted by molar-refractivity contribution is 1.16. The van der Waals surface area contributed by atoms with E-state index in [1.807, 2.05) is 18.2 Å². The first-order chi connectivity index (χ1) is 8.81. The van der Waals surface area contributed by atoms with Crippen LogP contribution >= 0.6 is 11.8 Å². The van der Waals surface area contributed by atoms with Gasteiger partial charge in [0.2, 0.25) is 0 Å². The number of nitrogens with one attached hydrogen (secondary N) is 1. The molecule has 90 valence electrons. The molecule has 3 rings (SSSR count). The van der Waals surface area contributed by atoms with E-state index in [9.17, 15) is 0 Å². The Balaban J connectivity index is 1.76. The fourth-order valence-corrected chi connectivity index (χ4v) is 2.71. The molecule has 0 bridgehead atoms. The maximum absolute atomic E-state index is 5.73. The van der Waals surface area contributed by atoms with Crippen LogP contribution in [0.3, 0.4) is 0 Å². The van der Waals surface area contributed by atoms with Gasteiger partial charge < -0.3 is 10.7 Å². The van der Waals surface area contributed by atoms with Gasteiger partial charge in [-0.3, -0.25) is 4.98 Å². The third-order valence-electron chi connectivity index (χ3n) is 2.72. The Kier molecular flexibility index (Phi) is 2.94. The Morgan fingerprint density at radius 3 is 2.89 bits per heavy atom. The number of nitrogens with zero attached hydrogens (tertiary/aromatic N) is 1. The summed E-state index contributed by atoms with van der Waals surface area (Å²) >= 11 is 1.73. The van der Waals surface area contributed by atoms with Crippen molar-refractivity contribution in [1.29, 1.82) is 0 Å². The van der Waals surface area contributed by atoms with Crippen molar-refractivity contribution in [2.24, 2.45) is 0 Å². The number of rotatable bonds is 3. The van der Waals surface area contributed by atoms with Gasteiger partial charge in [0.1, 0.15) is 0 Å². The second kappa shape index (κ2) is 4.74. The van der Waals surface area contributed by atoms with Crippen LogP contribution in [0.25, 0.3) is 10.9 Å². The van der Waals surface area contributed by atoms with Gasteiger partial charge in [-0.1, -0.05) is 18.2 Å². The number of hydrogen-bond acceptors (Lipinski definition) is 3. The summed E-state index contributed by atoms with van der Waals surface area (Å²) in [6, 6.07) is 14.1. The molecule has 4 heteroatoms. The van der Waals surface area contributed by atoms with Crippen LogP contribution in [0.2, 0.25) is 0 Å². The number of nitrogen functional groups attached to an aromatic ring is 1. The smallest absolute Gasteiger partial charge is 0.0736 e. The number of anilines is 1. The molecule has 1 aromatic carbocycles. The minimum atomic E-state index is 0.761. The molecule has 0 fully saturated rings. The number of hydrogen-bond donors (Lipinski definition) is 2. The van der Waals surface area contributed by atoms with Crippen molar-refractivity contribution in [2.45, 2.75) is 10.8 Å². The SMILES string of the molecule is Nc1ccnc(CSc2cc3ccccc3[nH]2)c1. The van der Waals surface area contributed by atoms with E-state index in [1.54, 1.807) is 24.0 Å². The zero-order valence-electron chi connectivity index (χ0n) is 9.76. The highest BCUT2D eigenvalue weighted by atomic mass is 32.2. The van der Waals surface area contributed by atoms with Crippen LogP contribution in [0.5, 0.6) is 0 Å². The largest absolute Gasteiger partial charge is 0.399 e. The second-order valence-electron chi connectivity index (χ2n) is 4.09. The molecule has 0 amide bonds. The number of benzene rings is 1. The summed E-state index contributed by atoms with van der Waals surface area (Å²) in [5, 5.41) is 2.39. The van der Waals surface area contributed by atoms with E-state index < -0.39 is 0 Å². The van der Waals surface area contributed by atoms with E-state index in [2.05, 4.69) is 28.2 Å². The Morgan fingerprint density at radius 2 is 2.06 bits per heavy atom. The molecule has 0 aliphatic rings. The van der Waals surface area contributed by atoms with Gasteiger partial charge in [-0.05, 0) is 24.3 Å². The lowest BCUT2D eigenvalue weighted by atomic mass is 10.3. The lowest BCUT2D eigenvalue weighted by Crippen LogP contribution is -1.90. The van der Waals surface area contributed by atoms with Gasteiger partial charge in [-0.2, -0.15) is 0 Å². The number of nitrogens with two attached hydrogens (primary N) is 1. The fraction of sp³-hybridized carbons (Fsp3) is 0.0714. The maximum Gasteiger partial charge on any atom is 0.0736 e. The van der Waals surface area contributed by atoms with Gasteiger partial charge in [-0.25, -0.2) is 0 Å². The Labute approximate surface area is 109 Å². The van der Waals surface area contributed by atoms with E-state index >= 15 is 0 Å². The molecule has 0 atom stereocenters. The molecule has 0 aliphatic heterocycles. The van der Waals surface area contributed by atoms with E-state index in [0.29, 0.717) is 0 Å². The average Bonchev–Trinajstić information content (AvgIpc) is 2.79. The Hall–Kier alpha value is -1.94. The summed E-state index contributed by atoms with van der Waals surface area (Å²) in [7, 11) is 0. The van der Waals surface area contributed by atoms with Gasteiger partial charge in [0.15, 0.2) is 0 Å². The predicted molar refractivity (Wildman–Crippen MR) is 76.5 cm³/mol. The number of aromatic nitrogens is 2. The van der Waals surface area contributed by atoms with Crippen molar-refractivity contribution in [3.05, 3.63) is 54.4 Å². The summed E-state index contributed by atoms with van der Waals surface area (Å²) in [6.45, 7) is 0. The molecule has 18 heavy (non-hydrogen) atoms. The molecule has 3 nitrogen and oxygen atoms in total. The highest BCUT2D eigenvalue weighted by Gasteiger charge is 2.02. The lowest BCUT2D eigenvalue weighted by Gasteiger charge is -2.00. The molecule has 2 heterocycles. The molecular weight excluding hydrogens is 242 g/mol. The Morgan fingerprint density at radius 1 is 1.17 bits per heavy atom. The summed E-state index contributed by atoms with van der Waals surface area (Å²) in [5.41, 5.74) is 8.66. The number of pyridine rings is 1. The third-order valence-corrected chi connectivity index (χ3v) is 3.69. The van der Waals surface area contributed by atoms with Crippen molar-refractivity contribution in [2.75, 3.05) is 5.73 Å². The van der Waals surface area contributed by atoms with Gasteiger partial charge >= 0.3 is 0 Å². The van der Waals surface area contributed by atoms with Crippen LogP contribution < -0.4 is 5.73 Å². The third kappa shape index (κ3) is 2.33. The van der Waals surface area contributed by atoms with Crippen LogP contribution in [0, 0.1) is 0 Å². The highest BCUT2D eigenvalue weighted by molar-refractivity contribution is 7.98. The first kappa shape index (κ1) is 11.2. The summed E-state index contributed by atoms with van der Waals surface area (Å²) < 4.78 is 0. The highest BCUT2D eigenvalue weighted by Crippen LogP contribution is 2.25. The van der Waals surface area contributed by atoms with E-state index in [0.717, 1.165) is 22.2 Å². The topological polar surface area (TPSA) is 54.7 Å². The molecule has 0 saturated carbocycles. The number of aromatic amines is 1. The summed E-state index contributed by atoms with van der Waals surface area (Å²) in [6.07, 6.45) is 1.75. The monoisotopic (exact) mass is 255 g/mol. The zero-order chi connectivity index (χ0) is 12.4. The second-order valence-corrected chi connectivity index (χ2v) is 5.11. The average molecular weight is 255 g/mol. The zero-order valence-corrected chi connectivity index (χ0v) is 10.6.